The van der Waals surface area contributed by atoms with Crippen LogP contribution in [0, 0.1) is 0 Å². The Bertz CT molecular complexity index is 592. The standard InChI is InChI=1S/C19H34N6O/c1-4-5-10-20-17-16-18(25(13-21-16)14(2)3)23-19(22-17)24-11-7-6-8-15(24)9-12-26/h14-15,21,26H,4-13H2,1-3H3,(H,20,22,23). The molecule has 3 rings (SSSR count). The number of rotatable bonds is 8. The molecule has 1 saturated heterocycles. The molecule has 3 heterocycles. The first-order chi connectivity index (χ1) is 12.7. The molecule has 1 aromatic heterocycles. The summed E-state index contributed by atoms with van der Waals surface area (Å²) in [5.74, 6) is 2.71. The van der Waals surface area contributed by atoms with E-state index in [0.717, 1.165) is 75.1 Å². The highest BCUT2D eigenvalue weighted by Crippen LogP contribution is 2.38. The van der Waals surface area contributed by atoms with Gasteiger partial charge in [-0.05, 0) is 46.0 Å². The van der Waals surface area contributed by atoms with Crippen LogP contribution in [0.2, 0.25) is 0 Å². The maximum atomic E-state index is 9.45. The second kappa shape index (κ2) is 8.75. The molecule has 0 aromatic carbocycles. The van der Waals surface area contributed by atoms with Gasteiger partial charge in [-0.1, -0.05) is 13.3 Å². The lowest BCUT2D eigenvalue weighted by Crippen LogP contribution is -2.41. The highest BCUT2D eigenvalue weighted by atomic mass is 16.3. The third-order valence-electron chi connectivity index (χ3n) is 5.37. The second-order valence-electron chi connectivity index (χ2n) is 7.60. The third-order valence-corrected chi connectivity index (χ3v) is 5.37. The molecule has 0 aliphatic carbocycles. The third kappa shape index (κ3) is 3.98. The van der Waals surface area contributed by atoms with Crippen LogP contribution < -0.4 is 20.4 Å². The lowest BCUT2D eigenvalue weighted by Gasteiger charge is -2.36. The van der Waals surface area contributed by atoms with E-state index in [1.807, 2.05) is 0 Å². The fourth-order valence-electron chi connectivity index (χ4n) is 3.83. The van der Waals surface area contributed by atoms with Gasteiger partial charge in [0.05, 0.1) is 6.67 Å². The van der Waals surface area contributed by atoms with Crippen molar-refractivity contribution in [1.82, 2.24) is 9.97 Å². The number of anilines is 4. The van der Waals surface area contributed by atoms with Gasteiger partial charge < -0.3 is 25.5 Å². The molecule has 7 nitrogen and oxygen atoms in total. The average Bonchev–Trinajstić information content (AvgIpc) is 3.07. The number of aliphatic hydroxyl groups is 1. The summed E-state index contributed by atoms with van der Waals surface area (Å²) < 4.78 is 0. The van der Waals surface area contributed by atoms with Crippen LogP contribution in [0.15, 0.2) is 0 Å². The van der Waals surface area contributed by atoms with Gasteiger partial charge in [-0.3, -0.25) is 0 Å². The lowest BCUT2D eigenvalue weighted by molar-refractivity contribution is 0.262. The molecule has 26 heavy (non-hydrogen) atoms. The van der Waals surface area contributed by atoms with Gasteiger partial charge >= 0.3 is 0 Å². The number of piperidine rings is 1. The highest BCUT2D eigenvalue weighted by Gasteiger charge is 2.30. The molecule has 1 unspecified atom stereocenters. The van der Waals surface area contributed by atoms with Gasteiger partial charge in [0, 0.05) is 31.8 Å². The van der Waals surface area contributed by atoms with Gasteiger partial charge in [-0.15, -0.1) is 0 Å². The molecule has 0 spiro atoms. The topological polar surface area (TPSA) is 76.5 Å². The molecule has 7 heteroatoms. The highest BCUT2D eigenvalue weighted by molar-refractivity contribution is 5.83. The SMILES string of the molecule is CCCCNc1nc(N2CCCCC2CCO)nc2c1NCN2C(C)C. The number of nitrogens with one attached hydrogen (secondary N) is 2. The Labute approximate surface area is 157 Å². The zero-order valence-corrected chi connectivity index (χ0v) is 16.5. The van der Waals surface area contributed by atoms with Crippen LogP contribution in [0.4, 0.5) is 23.3 Å². The van der Waals surface area contributed by atoms with Gasteiger partial charge in [0.1, 0.15) is 5.69 Å². The molecule has 2 aliphatic rings. The summed E-state index contributed by atoms with van der Waals surface area (Å²) in [4.78, 5) is 14.5. The van der Waals surface area contributed by atoms with Gasteiger partial charge in [-0.25, -0.2) is 0 Å². The fraction of sp³-hybridized carbons (Fsp3) is 0.789. The molecular weight excluding hydrogens is 328 g/mol. The number of fused-ring (bicyclic) bond motifs is 1. The second-order valence-corrected chi connectivity index (χ2v) is 7.60. The van der Waals surface area contributed by atoms with Crippen LogP contribution in [-0.2, 0) is 0 Å². The van der Waals surface area contributed by atoms with Crippen molar-refractivity contribution >= 4 is 23.3 Å². The van der Waals surface area contributed by atoms with Crippen LogP contribution in [-0.4, -0.2) is 53.5 Å². The van der Waals surface area contributed by atoms with E-state index < -0.39 is 0 Å². The molecule has 2 aliphatic heterocycles. The van der Waals surface area contributed by atoms with E-state index in [0.29, 0.717) is 12.1 Å². The van der Waals surface area contributed by atoms with Crippen molar-refractivity contribution < 1.29 is 5.11 Å². The number of unbranched alkanes of at least 4 members (excludes halogenated alkanes) is 1. The van der Waals surface area contributed by atoms with Crippen molar-refractivity contribution in [2.24, 2.45) is 0 Å². The van der Waals surface area contributed by atoms with Crippen molar-refractivity contribution in [3.05, 3.63) is 0 Å². The zero-order valence-electron chi connectivity index (χ0n) is 16.5. The summed E-state index contributed by atoms with van der Waals surface area (Å²) in [5.41, 5.74) is 1.02. The summed E-state index contributed by atoms with van der Waals surface area (Å²) in [6, 6.07) is 0.710. The van der Waals surface area contributed by atoms with Crippen LogP contribution in [0.3, 0.4) is 0 Å². The number of nitrogens with zero attached hydrogens (tertiary/aromatic N) is 4. The van der Waals surface area contributed by atoms with E-state index in [9.17, 15) is 5.11 Å². The smallest absolute Gasteiger partial charge is 0.229 e. The molecule has 0 bridgehead atoms. The quantitative estimate of drug-likeness (QED) is 0.614. The molecule has 1 atom stereocenters. The Morgan fingerprint density at radius 2 is 2.15 bits per heavy atom. The van der Waals surface area contributed by atoms with Crippen molar-refractivity contribution in [2.45, 2.75) is 71.4 Å². The summed E-state index contributed by atoms with van der Waals surface area (Å²) in [5, 5.41) is 16.4. The molecule has 0 radical (unpaired) electrons. The van der Waals surface area contributed by atoms with Gasteiger partial charge in [0.25, 0.3) is 0 Å². The van der Waals surface area contributed by atoms with E-state index in [2.05, 4.69) is 41.2 Å². The largest absolute Gasteiger partial charge is 0.396 e. The predicted molar refractivity (Wildman–Crippen MR) is 108 cm³/mol. The van der Waals surface area contributed by atoms with E-state index in [4.69, 9.17) is 9.97 Å². The maximum absolute atomic E-state index is 9.45. The Morgan fingerprint density at radius 1 is 1.31 bits per heavy atom. The summed E-state index contributed by atoms with van der Waals surface area (Å²) in [6.45, 7) is 9.46. The van der Waals surface area contributed by atoms with E-state index in [1.165, 1.54) is 6.42 Å². The summed E-state index contributed by atoms with van der Waals surface area (Å²) in [7, 11) is 0. The Morgan fingerprint density at radius 3 is 2.88 bits per heavy atom. The normalized spacial score (nSPS) is 19.7. The van der Waals surface area contributed by atoms with E-state index >= 15 is 0 Å². The molecule has 0 saturated carbocycles. The average molecular weight is 363 g/mol. The van der Waals surface area contributed by atoms with Gasteiger partial charge in [0.15, 0.2) is 11.6 Å². The molecule has 3 N–H and O–H groups in total. The first kappa shape index (κ1) is 19.0. The minimum atomic E-state index is 0.216. The van der Waals surface area contributed by atoms with Crippen LogP contribution in [0.1, 0.15) is 59.3 Å². The van der Waals surface area contributed by atoms with Crippen molar-refractivity contribution in [1.29, 1.82) is 0 Å². The van der Waals surface area contributed by atoms with Gasteiger partial charge in [-0.2, -0.15) is 9.97 Å². The molecule has 1 aromatic rings. The van der Waals surface area contributed by atoms with Crippen LogP contribution >= 0.6 is 0 Å². The van der Waals surface area contributed by atoms with Crippen molar-refractivity contribution in [3.8, 4) is 0 Å². The molecular formula is C19H34N6O. The summed E-state index contributed by atoms with van der Waals surface area (Å²) >= 11 is 0. The van der Waals surface area contributed by atoms with Gasteiger partial charge in [0.2, 0.25) is 5.95 Å². The zero-order chi connectivity index (χ0) is 18.5. The monoisotopic (exact) mass is 362 g/mol. The molecule has 146 valence electrons. The predicted octanol–water partition coefficient (Wildman–Crippen LogP) is 3.03. The van der Waals surface area contributed by atoms with E-state index in [1.54, 1.807) is 0 Å². The summed E-state index contributed by atoms with van der Waals surface area (Å²) in [6.07, 6.45) is 6.54. The Balaban J connectivity index is 1.94. The lowest BCUT2D eigenvalue weighted by atomic mass is 10.0. The molecule has 1 fully saturated rings. The van der Waals surface area contributed by atoms with Crippen molar-refractivity contribution in [2.75, 3.05) is 46.8 Å². The number of hydrogen-bond donors (Lipinski definition) is 3. The molecule has 0 amide bonds. The van der Waals surface area contributed by atoms with Crippen LogP contribution in [0.25, 0.3) is 0 Å². The Kier molecular flexibility index (Phi) is 6.40. The van der Waals surface area contributed by atoms with E-state index in [-0.39, 0.29) is 6.61 Å². The maximum Gasteiger partial charge on any atom is 0.229 e. The van der Waals surface area contributed by atoms with Crippen LogP contribution in [0.5, 0.6) is 0 Å². The first-order valence-electron chi connectivity index (χ1n) is 10.2. The number of aliphatic hydroxyl groups excluding tert-OH is 1. The van der Waals surface area contributed by atoms with Crippen molar-refractivity contribution in [3.63, 3.8) is 0 Å². The minimum Gasteiger partial charge on any atom is -0.396 e. The first-order valence-corrected chi connectivity index (χ1v) is 10.2. The fourth-order valence-corrected chi connectivity index (χ4v) is 3.83. The number of aromatic nitrogens is 2. The minimum absolute atomic E-state index is 0.216. The Hall–Kier alpha value is -1.76. The number of hydrogen-bond acceptors (Lipinski definition) is 7.